The predicted octanol–water partition coefficient (Wildman–Crippen LogP) is 2.95. The van der Waals surface area contributed by atoms with Crippen LogP contribution in [0, 0.1) is 0 Å². The van der Waals surface area contributed by atoms with E-state index < -0.39 is 0 Å². The third kappa shape index (κ3) is 2.18. The lowest BCUT2D eigenvalue weighted by molar-refractivity contribution is 0.356. The van der Waals surface area contributed by atoms with Gasteiger partial charge in [0.05, 0.1) is 14.2 Å². The Bertz CT molecular complexity index is 509. The first-order valence-corrected chi connectivity index (χ1v) is 5.33. The predicted molar refractivity (Wildman–Crippen MR) is 69.4 cm³/mol. The molecule has 0 atom stereocenters. The monoisotopic (exact) mass is 229 g/mol. The van der Waals surface area contributed by atoms with Gasteiger partial charge in [-0.05, 0) is 11.6 Å². The molecule has 0 amide bonds. The maximum Gasteiger partial charge on any atom is 0.168 e. The van der Waals surface area contributed by atoms with Gasteiger partial charge in [-0.15, -0.1) is 0 Å². The van der Waals surface area contributed by atoms with E-state index in [1.54, 1.807) is 20.3 Å². The minimum Gasteiger partial charge on any atom is -0.493 e. The third-order valence-electron chi connectivity index (χ3n) is 2.59. The van der Waals surface area contributed by atoms with E-state index in [9.17, 15) is 0 Å². The lowest BCUT2D eigenvalue weighted by Gasteiger charge is -2.13. The van der Waals surface area contributed by atoms with Gasteiger partial charge < -0.3 is 15.2 Å². The van der Waals surface area contributed by atoms with E-state index in [2.05, 4.69) is 0 Å². The Labute approximate surface area is 101 Å². The molecule has 17 heavy (non-hydrogen) atoms. The second-order valence-corrected chi connectivity index (χ2v) is 3.67. The van der Waals surface area contributed by atoms with Gasteiger partial charge >= 0.3 is 0 Å². The molecule has 0 saturated carbocycles. The Morgan fingerprint density at radius 3 is 2.24 bits per heavy atom. The first-order valence-electron chi connectivity index (χ1n) is 5.33. The van der Waals surface area contributed by atoms with E-state index in [1.165, 1.54) is 0 Å². The van der Waals surface area contributed by atoms with E-state index >= 15 is 0 Å². The third-order valence-corrected chi connectivity index (χ3v) is 2.59. The van der Waals surface area contributed by atoms with Crippen molar-refractivity contribution in [2.75, 3.05) is 20.0 Å². The van der Waals surface area contributed by atoms with E-state index in [4.69, 9.17) is 15.2 Å². The summed E-state index contributed by atoms with van der Waals surface area (Å²) in [6.07, 6.45) is 0. The van der Waals surface area contributed by atoms with Crippen LogP contribution in [0.15, 0.2) is 42.5 Å². The summed E-state index contributed by atoms with van der Waals surface area (Å²) in [7, 11) is 3.23. The molecule has 3 nitrogen and oxygen atoms in total. The molecule has 0 heterocycles. The Kier molecular flexibility index (Phi) is 3.19. The normalized spacial score (nSPS) is 10.0. The Morgan fingerprint density at radius 1 is 0.941 bits per heavy atom. The molecular weight excluding hydrogens is 214 g/mol. The number of ether oxygens (including phenoxy) is 2. The first-order chi connectivity index (χ1) is 8.26. The molecule has 0 unspecified atom stereocenters. The molecule has 0 bridgehead atoms. The number of rotatable bonds is 3. The second-order valence-electron chi connectivity index (χ2n) is 3.67. The van der Waals surface area contributed by atoms with Crippen molar-refractivity contribution in [3.63, 3.8) is 0 Å². The highest BCUT2D eigenvalue weighted by Crippen LogP contribution is 2.39. The van der Waals surface area contributed by atoms with Crippen LogP contribution in [0.2, 0.25) is 0 Å². The van der Waals surface area contributed by atoms with Crippen LogP contribution in [0.1, 0.15) is 0 Å². The molecular formula is C14H15NO2. The highest BCUT2D eigenvalue weighted by atomic mass is 16.5. The molecule has 0 radical (unpaired) electrons. The fourth-order valence-electron chi connectivity index (χ4n) is 1.82. The van der Waals surface area contributed by atoms with Gasteiger partial charge in [0.2, 0.25) is 0 Å². The molecule has 0 fully saturated rings. The molecule has 0 spiro atoms. The highest BCUT2D eigenvalue weighted by molar-refractivity contribution is 5.77. The summed E-state index contributed by atoms with van der Waals surface area (Å²) in [5, 5.41) is 0. The zero-order chi connectivity index (χ0) is 12.3. The van der Waals surface area contributed by atoms with Crippen molar-refractivity contribution in [3.8, 4) is 22.6 Å². The summed E-state index contributed by atoms with van der Waals surface area (Å²) in [6, 6.07) is 13.6. The molecule has 2 rings (SSSR count). The molecule has 88 valence electrons. The van der Waals surface area contributed by atoms with Crippen LogP contribution in [0.5, 0.6) is 11.5 Å². The highest BCUT2D eigenvalue weighted by Gasteiger charge is 2.12. The molecule has 2 N–H and O–H groups in total. The fraction of sp³-hybridized carbons (Fsp3) is 0.143. The zero-order valence-corrected chi connectivity index (χ0v) is 9.94. The number of hydrogen-bond donors (Lipinski definition) is 1. The van der Waals surface area contributed by atoms with Crippen molar-refractivity contribution < 1.29 is 9.47 Å². The summed E-state index contributed by atoms with van der Waals surface area (Å²) < 4.78 is 10.7. The van der Waals surface area contributed by atoms with Crippen molar-refractivity contribution in [1.82, 2.24) is 0 Å². The van der Waals surface area contributed by atoms with Crippen LogP contribution in [0.4, 0.5) is 5.69 Å². The summed E-state index contributed by atoms with van der Waals surface area (Å²) in [4.78, 5) is 0. The largest absolute Gasteiger partial charge is 0.493 e. The van der Waals surface area contributed by atoms with E-state index in [1.807, 2.05) is 36.4 Å². The van der Waals surface area contributed by atoms with Crippen LogP contribution >= 0.6 is 0 Å². The number of methoxy groups -OCH3 is 2. The number of nitrogens with two attached hydrogens (primary N) is 1. The van der Waals surface area contributed by atoms with Crippen molar-refractivity contribution >= 4 is 5.69 Å². The molecule has 0 aliphatic carbocycles. The van der Waals surface area contributed by atoms with Gasteiger partial charge in [-0.1, -0.05) is 30.3 Å². The fourth-order valence-corrected chi connectivity index (χ4v) is 1.82. The minimum absolute atomic E-state index is 0.645. The zero-order valence-electron chi connectivity index (χ0n) is 9.94. The lowest BCUT2D eigenvalue weighted by atomic mass is 10.0. The van der Waals surface area contributed by atoms with Gasteiger partial charge in [-0.3, -0.25) is 0 Å². The molecule has 2 aromatic carbocycles. The maximum atomic E-state index is 5.86. The Morgan fingerprint density at radius 2 is 1.65 bits per heavy atom. The molecule has 0 aliphatic heterocycles. The summed E-state index contributed by atoms with van der Waals surface area (Å²) in [5.74, 6) is 1.35. The van der Waals surface area contributed by atoms with Gasteiger partial charge in [0.1, 0.15) is 0 Å². The average molecular weight is 229 g/mol. The van der Waals surface area contributed by atoms with Crippen LogP contribution in [0.25, 0.3) is 11.1 Å². The van der Waals surface area contributed by atoms with Gasteiger partial charge in [0, 0.05) is 17.3 Å². The summed E-state index contributed by atoms with van der Waals surface area (Å²) >= 11 is 0. The summed E-state index contributed by atoms with van der Waals surface area (Å²) in [5.41, 5.74) is 8.50. The van der Waals surface area contributed by atoms with E-state index in [0.29, 0.717) is 17.2 Å². The second kappa shape index (κ2) is 4.78. The van der Waals surface area contributed by atoms with Crippen molar-refractivity contribution in [3.05, 3.63) is 42.5 Å². The Balaban J connectivity index is 2.64. The van der Waals surface area contributed by atoms with Crippen molar-refractivity contribution in [1.29, 1.82) is 0 Å². The standard InChI is InChI=1S/C14H15NO2/c1-16-13-9-11(15)8-12(14(13)17-2)10-6-4-3-5-7-10/h3-9H,15H2,1-2H3. The van der Waals surface area contributed by atoms with Crippen LogP contribution < -0.4 is 15.2 Å². The summed E-state index contributed by atoms with van der Waals surface area (Å²) in [6.45, 7) is 0. The van der Waals surface area contributed by atoms with Crippen LogP contribution in [-0.2, 0) is 0 Å². The number of anilines is 1. The van der Waals surface area contributed by atoms with Gasteiger partial charge in [0.25, 0.3) is 0 Å². The topological polar surface area (TPSA) is 44.5 Å². The van der Waals surface area contributed by atoms with E-state index in [-0.39, 0.29) is 0 Å². The number of nitrogen functional groups attached to an aromatic ring is 1. The minimum atomic E-state index is 0.645. The number of hydrogen-bond acceptors (Lipinski definition) is 3. The van der Waals surface area contributed by atoms with Crippen LogP contribution in [-0.4, -0.2) is 14.2 Å². The van der Waals surface area contributed by atoms with Crippen molar-refractivity contribution in [2.24, 2.45) is 0 Å². The molecule has 0 saturated heterocycles. The lowest BCUT2D eigenvalue weighted by Crippen LogP contribution is -1.96. The molecule has 3 heteroatoms. The SMILES string of the molecule is COc1cc(N)cc(-c2ccccc2)c1OC. The van der Waals surface area contributed by atoms with Gasteiger partial charge in [-0.2, -0.15) is 0 Å². The number of benzene rings is 2. The van der Waals surface area contributed by atoms with E-state index in [0.717, 1.165) is 11.1 Å². The maximum absolute atomic E-state index is 5.86. The van der Waals surface area contributed by atoms with Crippen molar-refractivity contribution in [2.45, 2.75) is 0 Å². The quantitative estimate of drug-likeness (QED) is 0.823. The molecule has 2 aromatic rings. The molecule has 0 aliphatic rings. The average Bonchev–Trinajstić information content (AvgIpc) is 2.38. The smallest absolute Gasteiger partial charge is 0.168 e. The molecule has 0 aromatic heterocycles. The van der Waals surface area contributed by atoms with Crippen LogP contribution in [0.3, 0.4) is 0 Å². The van der Waals surface area contributed by atoms with Gasteiger partial charge in [-0.25, -0.2) is 0 Å². The van der Waals surface area contributed by atoms with Gasteiger partial charge in [0.15, 0.2) is 11.5 Å². The first kappa shape index (κ1) is 11.3. The Hall–Kier alpha value is -2.16.